The van der Waals surface area contributed by atoms with Gasteiger partial charge in [0.15, 0.2) is 0 Å². The Bertz CT molecular complexity index is 847. The van der Waals surface area contributed by atoms with E-state index in [1.807, 2.05) is 42.5 Å². The number of nitrogens with one attached hydrogen (secondary N) is 1. The van der Waals surface area contributed by atoms with E-state index >= 15 is 0 Å². The van der Waals surface area contributed by atoms with Crippen molar-refractivity contribution in [2.45, 2.75) is 12.3 Å². The van der Waals surface area contributed by atoms with Gasteiger partial charge in [0, 0.05) is 11.5 Å². The number of rotatable bonds is 5. The Hall–Kier alpha value is -3.00. The summed E-state index contributed by atoms with van der Waals surface area (Å²) in [6.07, 6.45) is 0.615. The van der Waals surface area contributed by atoms with Crippen molar-refractivity contribution in [1.82, 2.24) is 10.2 Å². The number of ether oxygens (including phenoxy) is 2. The van der Waals surface area contributed by atoms with Gasteiger partial charge in [0.25, 0.3) is 0 Å². The molecule has 1 atom stereocenters. The summed E-state index contributed by atoms with van der Waals surface area (Å²) in [7, 11) is 3.26. The van der Waals surface area contributed by atoms with Crippen LogP contribution in [0.2, 0.25) is 0 Å². The number of aromatic amines is 1. The highest BCUT2D eigenvalue weighted by molar-refractivity contribution is 5.83. The molecule has 1 aromatic heterocycles. The number of nitriles is 1. The summed E-state index contributed by atoms with van der Waals surface area (Å²) in [5.74, 6) is 1.27. The molecule has 0 fully saturated rings. The number of methoxy groups -OCH3 is 2. The van der Waals surface area contributed by atoms with Crippen LogP contribution in [0.25, 0.3) is 10.9 Å². The third kappa shape index (κ3) is 2.97. The summed E-state index contributed by atoms with van der Waals surface area (Å²) in [6.45, 7) is 0. The third-order valence-electron chi connectivity index (χ3n) is 3.90. The van der Waals surface area contributed by atoms with Crippen LogP contribution in [-0.4, -0.2) is 24.4 Å². The molecular weight excluding hydrogens is 290 g/mol. The maximum Gasteiger partial charge on any atom is 0.121 e. The van der Waals surface area contributed by atoms with Gasteiger partial charge in [-0.15, -0.1) is 0 Å². The smallest absolute Gasteiger partial charge is 0.121 e. The van der Waals surface area contributed by atoms with E-state index in [-0.39, 0.29) is 5.92 Å². The van der Waals surface area contributed by atoms with E-state index in [2.05, 4.69) is 16.3 Å². The lowest BCUT2D eigenvalue weighted by molar-refractivity contribution is 0.414. The molecule has 5 heteroatoms. The lowest BCUT2D eigenvalue weighted by Crippen LogP contribution is -2.01. The van der Waals surface area contributed by atoms with E-state index in [1.54, 1.807) is 14.2 Å². The zero-order valence-electron chi connectivity index (χ0n) is 13.0. The van der Waals surface area contributed by atoms with E-state index in [1.165, 1.54) is 0 Å². The molecule has 0 aliphatic carbocycles. The Balaban J connectivity index is 1.90. The molecule has 0 amide bonds. The molecule has 116 valence electrons. The average Bonchev–Trinajstić information content (AvgIpc) is 3.03. The molecule has 0 spiro atoms. The second-order valence-electron chi connectivity index (χ2n) is 5.25. The van der Waals surface area contributed by atoms with Crippen LogP contribution >= 0.6 is 0 Å². The molecule has 1 N–H and O–H groups in total. The van der Waals surface area contributed by atoms with Gasteiger partial charge < -0.3 is 9.47 Å². The van der Waals surface area contributed by atoms with Crippen LogP contribution < -0.4 is 9.47 Å². The van der Waals surface area contributed by atoms with Crippen molar-refractivity contribution in [2.75, 3.05) is 14.2 Å². The maximum atomic E-state index is 9.57. The molecule has 2 aromatic carbocycles. The number of fused-ring (bicyclic) bond motifs is 1. The van der Waals surface area contributed by atoms with Crippen molar-refractivity contribution < 1.29 is 9.47 Å². The zero-order valence-corrected chi connectivity index (χ0v) is 13.0. The molecule has 23 heavy (non-hydrogen) atoms. The molecule has 0 saturated carbocycles. The van der Waals surface area contributed by atoms with E-state index in [9.17, 15) is 5.26 Å². The molecule has 1 heterocycles. The van der Waals surface area contributed by atoms with Crippen LogP contribution in [0.1, 0.15) is 17.2 Å². The van der Waals surface area contributed by atoms with E-state index in [0.29, 0.717) is 6.42 Å². The summed E-state index contributed by atoms with van der Waals surface area (Å²) in [4.78, 5) is 0. The molecule has 0 bridgehead atoms. The fourth-order valence-corrected chi connectivity index (χ4v) is 2.61. The highest BCUT2D eigenvalue weighted by Crippen LogP contribution is 2.28. The minimum absolute atomic E-state index is 0.290. The molecule has 3 rings (SSSR count). The Morgan fingerprint density at radius 2 is 1.78 bits per heavy atom. The van der Waals surface area contributed by atoms with Crippen LogP contribution in [-0.2, 0) is 6.42 Å². The lowest BCUT2D eigenvalue weighted by atomic mass is 9.95. The van der Waals surface area contributed by atoms with Crippen molar-refractivity contribution in [3.05, 3.63) is 53.7 Å². The number of hydrogen-bond acceptors (Lipinski definition) is 4. The van der Waals surface area contributed by atoms with Gasteiger partial charge in [-0.2, -0.15) is 10.4 Å². The SMILES string of the molecule is COc1ccc(CC(C#N)c2[nH]nc3cc(OC)ccc23)cc1. The maximum absolute atomic E-state index is 9.57. The molecule has 0 aliphatic heterocycles. The normalized spacial score (nSPS) is 11.9. The van der Waals surface area contributed by atoms with Crippen molar-refractivity contribution >= 4 is 10.9 Å². The first-order chi connectivity index (χ1) is 11.2. The van der Waals surface area contributed by atoms with Crippen LogP contribution in [0.3, 0.4) is 0 Å². The Morgan fingerprint density at radius 1 is 1.09 bits per heavy atom. The highest BCUT2D eigenvalue weighted by atomic mass is 16.5. The summed E-state index contributed by atoms with van der Waals surface area (Å²) >= 11 is 0. The quantitative estimate of drug-likeness (QED) is 0.784. The molecule has 5 nitrogen and oxygen atoms in total. The molecule has 0 saturated heterocycles. The van der Waals surface area contributed by atoms with Gasteiger partial charge in [-0.05, 0) is 36.2 Å². The predicted molar refractivity (Wildman–Crippen MR) is 87.7 cm³/mol. The van der Waals surface area contributed by atoms with Crippen molar-refractivity contribution in [2.24, 2.45) is 0 Å². The fourth-order valence-electron chi connectivity index (χ4n) is 2.61. The van der Waals surface area contributed by atoms with Gasteiger partial charge in [-0.3, -0.25) is 5.10 Å². The van der Waals surface area contributed by atoms with Gasteiger partial charge in [0.2, 0.25) is 0 Å². The highest BCUT2D eigenvalue weighted by Gasteiger charge is 2.17. The van der Waals surface area contributed by atoms with Gasteiger partial charge in [-0.1, -0.05) is 12.1 Å². The van der Waals surface area contributed by atoms with Crippen LogP contribution in [0, 0.1) is 11.3 Å². The van der Waals surface area contributed by atoms with Gasteiger partial charge in [0.1, 0.15) is 11.5 Å². The second kappa shape index (κ2) is 6.41. The number of aromatic nitrogens is 2. The first-order valence-corrected chi connectivity index (χ1v) is 7.29. The number of benzene rings is 2. The third-order valence-corrected chi connectivity index (χ3v) is 3.90. The van der Waals surface area contributed by atoms with Gasteiger partial charge in [-0.25, -0.2) is 0 Å². The summed E-state index contributed by atoms with van der Waals surface area (Å²) in [5, 5.41) is 17.8. The lowest BCUT2D eigenvalue weighted by Gasteiger charge is -2.09. The number of hydrogen-bond donors (Lipinski definition) is 1. The van der Waals surface area contributed by atoms with Crippen molar-refractivity contribution in [1.29, 1.82) is 5.26 Å². The molecule has 3 aromatic rings. The van der Waals surface area contributed by atoms with Crippen LogP contribution in [0.15, 0.2) is 42.5 Å². The van der Waals surface area contributed by atoms with E-state index in [4.69, 9.17) is 9.47 Å². The van der Waals surface area contributed by atoms with Gasteiger partial charge >= 0.3 is 0 Å². The van der Waals surface area contributed by atoms with Crippen molar-refractivity contribution in [3.63, 3.8) is 0 Å². The van der Waals surface area contributed by atoms with Crippen LogP contribution in [0.5, 0.6) is 11.5 Å². The topological polar surface area (TPSA) is 70.9 Å². The van der Waals surface area contributed by atoms with Crippen LogP contribution in [0.4, 0.5) is 0 Å². The predicted octanol–water partition coefficient (Wildman–Crippen LogP) is 3.43. The first kappa shape index (κ1) is 14.9. The fraction of sp³-hybridized carbons (Fsp3) is 0.222. The minimum atomic E-state index is -0.290. The zero-order chi connectivity index (χ0) is 16.2. The van der Waals surface area contributed by atoms with Crippen molar-refractivity contribution in [3.8, 4) is 17.6 Å². The van der Waals surface area contributed by atoms with E-state index < -0.39 is 0 Å². The number of H-pyrrole nitrogens is 1. The molecular formula is C18H17N3O2. The monoisotopic (exact) mass is 307 g/mol. The Morgan fingerprint density at radius 3 is 2.43 bits per heavy atom. The molecule has 0 radical (unpaired) electrons. The molecule has 0 aliphatic rings. The standard InChI is InChI=1S/C18H17N3O2/c1-22-14-5-3-12(4-6-14)9-13(11-19)18-16-8-7-15(23-2)10-17(16)20-21-18/h3-8,10,13H,9H2,1-2H3,(H,20,21). The van der Waals surface area contributed by atoms with Gasteiger partial charge in [0.05, 0.1) is 37.4 Å². The molecule has 1 unspecified atom stereocenters. The Kier molecular flexibility index (Phi) is 4.15. The average molecular weight is 307 g/mol. The summed E-state index contributed by atoms with van der Waals surface area (Å²) in [6, 6.07) is 15.8. The summed E-state index contributed by atoms with van der Waals surface area (Å²) < 4.78 is 10.4. The number of nitrogens with zero attached hydrogens (tertiary/aromatic N) is 2. The van der Waals surface area contributed by atoms with E-state index in [0.717, 1.165) is 33.7 Å². The summed E-state index contributed by atoms with van der Waals surface area (Å²) in [5.41, 5.74) is 2.71. The Labute approximate surface area is 134 Å². The largest absolute Gasteiger partial charge is 0.497 e. The minimum Gasteiger partial charge on any atom is -0.497 e. The second-order valence-corrected chi connectivity index (χ2v) is 5.25. The first-order valence-electron chi connectivity index (χ1n) is 7.29.